The van der Waals surface area contributed by atoms with Gasteiger partial charge in [-0.3, -0.25) is 24.0 Å². The number of rotatable bonds is 9. The number of nitrogens with one attached hydrogen (secondary N) is 3. The Bertz CT molecular complexity index is 1020. The summed E-state index contributed by atoms with van der Waals surface area (Å²) in [6.45, 7) is 8.86. The second-order valence-corrected chi connectivity index (χ2v) is 11.8. The number of fused-ring (bicyclic) bond motifs is 1. The normalized spacial score (nSPS) is 29.5. The highest BCUT2D eigenvalue weighted by Crippen LogP contribution is 2.65. The molecule has 11 nitrogen and oxygen atoms in total. The van der Waals surface area contributed by atoms with Crippen molar-refractivity contribution in [1.29, 1.82) is 0 Å². The number of nitrogens with two attached hydrogens (primary N) is 1. The maximum atomic E-state index is 13.5. The Morgan fingerprint density at radius 1 is 1.18 bits per heavy atom. The van der Waals surface area contributed by atoms with E-state index in [1.165, 1.54) is 14.0 Å². The van der Waals surface area contributed by atoms with E-state index < -0.39 is 65.5 Å². The van der Waals surface area contributed by atoms with Gasteiger partial charge in [0, 0.05) is 25.1 Å². The molecule has 2 saturated heterocycles. The zero-order valence-electron chi connectivity index (χ0n) is 22.3. The number of carbonyl (C=O) groups is 5. The highest BCUT2D eigenvalue weighted by molar-refractivity contribution is 5.96. The molecule has 3 fully saturated rings. The van der Waals surface area contributed by atoms with Gasteiger partial charge in [0.1, 0.15) is 18.1 Å². The number of methoxy groups -OCH3 is 1. The molecule has 38 heavy (non-hydrogen) atoms. The minimum Gasteiger partial charge on any atom is -0.379 e. The lowest BCUT2D eigenvalue weighted by Crippen LogP contribution is -2.61. The van der Waals surface area contributed by atoms with Crippen molar-refractivity contribution in [1.82, 2.24) is 20.9 Å². The summed E-state index contributed by atoms with van der Waals surface area (Å²) in [6.07, 6.45) is -5.98. The van der Waals surface area contributed by atoms with E-state index in [1.54, 1.807) is 5.32 Å². The van der Waals surface area contributed by atoms with Crippen LogP contribution in [0.15, 0.2) is 0 Å². The molecule has 7 atom stereocenters. The number of carbonyl (C=O) groups excluding carboxylic acids is 5. The molecular weight excluding hydrogens is 511 g/mol. The number of amides is 5. The Kier molecular flexibility index (Phi) is 7.81. The lowest BCUT2D eigenvalue weighted by molar-refractivity contribution is -0.176. The average molecular weight is 548 g/mol. The molecule has 2 heterocycles. The van der Waals surface area contributed by atoms with Crippen LogP contribution in [0.5, 0.6) is 0 Å². The zero-order valence-corrected chi connectivity index (χ0v) is 22.3. The number of hydrogen-bond acceptors (Lipinski definition) is 6. The number of primary amides is 1. The van der Waals surface area contributed by atoms with Gasteiger partial charge < -0.3 is 31.3 Å². The lowest BCUT2D eigenvalue weighted by Gasteiger charge is -2.35. The predicted molar refractivity (Wildman–Crippen MR) is 127 cm³/mol. The van der Waals surface area contributed by atoms with Crippen LogP contribution in [0, 0.1) is 23.2 Å². The fraction of sp³-hybridized carbons (Fsp3) is 0.792. The molecular formula is C24H36F3N5O6. The van der Waals surface area contributed by atoms with Gasteiger partial charge in [0.25, 0.3) is 0 Å². The second kappa shape index (κ2) is 10.0. The molecule has 0 aromatic carbocycles. The average Bonchev–Trinajstić information content (AvgIpc) is 3.08. The van der Waals surface area contributed by atoms with Gasteiger partial charge in [-0.2, -0.15) is 13.2 Å². The summed E-state index contributed by atoms with van der Waals surface area (Å²) in [6, 6.07) is -4.03. The van der Waals surface area contributed by atoms with E-state index in [1.807, 2.05) is 27.7 Å². The Hall–Kier alpha value is -2.90. The molecule has 1 aliphatic carbocycles. The van der Waals surface area contributed by atoms with E-state index in [0.29, 0.717) is 6.42 Å². The molecule has 0 unspecified atom stereocenters. The summed E-state index contributed by atoms with van der Waals surface area (Å²) >= 11 is 0. The van der Waals surface area contributed by atoms with Gasteiger partial charge in [0.05, 0.1) is 6.10 Å². The van der Waals surface area contributed by atoms with Crippen molar-refractivity contribution in [3.63, 3.8) is 0 Å². The second-order valence-electron chi connectivity index (χ2n) is 11.8. The van der Waals surface area contributed by atoms with Crippen LogP contribution >= 0.6 is 0 Å². The van der Waals surface area contributed by atoms with Crippen molar-refractivity contribution in [3.05, 3.63) is 0 Å². The van der Waals surface area contributed by atoms with Crippen molar-refractivity contribution >= 4 is 29.5 Å². The van der Waals surface area contributed by atoms with E-state index in [0.717, 1.165) is 4.90 Å². The van der Waals surface area contributed by atoms with Gasteiger partial charge in [0.2, 0.25) is 23.6 Å². The first-order valence-corrected chi connectivity index (χ1v) is 12.4. The van der Waals surface area contributed by atoms with Crippen LogP contribution in [0.4, 0.5) is 13.2 Å². The van der Waals surface area contributed by atoms with Gasteiger partial charge in [0.15, 0.2) is 0 Å². The number of alkyl halides is 3. The zero-order chi connectivity index (χ0) is 29.0. The van der Waals surface area contributed by atoms with Crippen molar-refractivity contribution in [3.8, 4) is 0 Å². The molecule has 0 aromatic heterocycles. The van der Waals surface area contributed by atoms with Gasteiger partial charge >= 0.3 is 12.1 Å². The Labute approximate surface area is 218 Å². The number of likely N-dealkylation sites (tertiary alicyclic amines) is 1. The SMILES string of the molecule is CO[C@H](C)[C@H](NC(=O)C(F)(F)F)C(=O)N1C[C@H]2[C@@H]([C@H]1C(=O)N[C@@H](C[C@@H]1CC(C)(C)NC1=O)C(N)=O)C2(C)C. The summed E-state index contributed by atoms with van der Waals surface area (Å²) in [7, 11) is 1.18. The summed E-state index contributed by atoms with van der Waals surface area (Å²) in [5.41, 5.74) is 4.71. The maximum Gasteiger partial charge on any atom is 0.471 e. The smallest absolute Gasteiger partial charge is 0.379 e. The van der Waals surface area contributed by atoms with Crippen molar-refractivity contribution in [2.45, 2.75) is 83.4 Å². The lowest BCUT2D eigenvalue weighted by atomic mass is 9.91. The minimum atomic E-state index is -5.23. The quantitative estimate of drug-likeness (QED) is 0.314. The number of hydrogen-bond donors (Lipinski definition) is 4. The van der Waals surface area contributed by atoms with Crippen molar-refractivity contribution in [2.24, 2.45) is 28.9 Å². The number of ether oxygens (including phenoxy) is 1. The van der Waals surface area contributed by atoms with Gasteiger partial charge in [-0.05, 0) is 50.9 Å². The third-order valence-electron chi connectivity index (χ3n) is 8.18. The Balaban J connectivity index is 1.82. The van der Waals surface area contributed by atoms with Gasteiger partial charge in [-0.15, -0.1) is 0 Å². The fourth-order valence-corrected chi connectivity index (χ4v) is 5.90. The summed E-state index contributed by atoms with van der Waals surface area (Å²) in [4.78, 5) is 64.3. The van der Waals surface area contributed by atoms with Crippen molar-refractivity contribution in [2.75, 3.05) is 13.7 Å². The first-order valence-electron chi connectivity index (χ1n) is 12.4. The van der Waals surface area contributed by atoms with Crippen LogP contribution < -0.4 is 21.7 Å². The number of nitrogens with zero attached hydrogens (tertiary/aromatic N) is 1. The Morgan fingerprint density at radius 3 is 2.26 bits per heavy atom. The first-order chi connectivity index (χ1) is 17.3. The minimum absolute atomic E-state index is 0.0422. The van der Waals surface area contributed by atoms with Crippen LogP contribution in [-0.2, 0) is 28.7 Å². The van der Waals surface area contributed by atoms with Crippen molar-refractivity contribution < 1.29 is 41.9 Å². The maximum absolute atomic E-state index is 13.5. The highest BCUT2D eigenvalue weighted by Gasteiger charge is 2.70. The molecule has 3 aliphatic rings. The van der Waals surface area contributed by atoms with Crippen LogP contribution in [0.25, 0.3) is 0 Å². The molecule has 0 bridgehead atoms. The Morgan fingerprint density at radius 2 is 1.79 bits per heavy atom. The van der Waals surface area contributed by atoms with Crippen LogP contribution in [0.1, 0.15) is 47.5 Å². The molecule has 3 rings (SSSR count). The molecule has 5 N–H and O–H groups in total. The van der Waals surface area contributed by atoms with Gasteiger partial charge in [-0.1, -0.05) is 13.8 Å². The molecule has 0 radical (unpaired) electrons. The fourth-order valence-electron chi connectivity index (χ4n) is 5.90. The van der Waals surface area contributed by atoms with E-state index in [-0.39, 0.29) is 36.1 Å². The van der Waals surface area contributed by atoms with Crippen LogP contribution in [-0.4, -0.2) is 84.0 Å². The monoisotopic (exact) mass is 547 g/mol. The topological polar surface area (TPSA) is 160 Å². The standard InChI is InChI=1S/C24H36F3N5O6/c1-10(38-6)15(30-21(37)24(25,26)27)20(36)32-9-12-14(23(12,4)5)16(32)19(35)29-13(17(28)33)7-11-8-22(2,3)31-18(11)34/h10-16H,7-9H2,1-6H3,(H2,28,33)(H,29,35)(H,30,37)(H,31,34)/t10-,11-,12+,13+,14+,15+,16+/m1/s1. The number of piperidine rings is 1. The molecule has 1 saturated carbocycles. The van der Waals surface area contributed by atoms with E-state index in [4.69, 9.17) is 10.5 Å². The third kappa shape index (κ3) is 5.74. The van der Waals surface area contributed by atoms with E-state index >= 15 is 0 Å². The van der Waals surface area contributed by atoms with Crippen LogP contribution in [0.2, 0.25) is 0 Å². The first kappa shape index (κ1) is 29.7. The van der Waals surface area contributed by atoms with E-state index in [2.05, 4.69) is 10.6 Å². The third-order valence-corrected chi connectivity index (χ3v) is 8.18. The van der Waals surface area contributed by atoms with Gasteiger partial charge in [-0.25, -0.2) is 0 Å². The molecule has 0 aromatic rings. The summed E-state index contributed by atoms with van der Waals surface area (Å²) in [5.74, 6) is -6.07. The molecule has 214 valence electrons. The summed E-state index contributed by atoms with van der Waals surface area (Å²) in [5, 5.41) is 7.07. The van der Waals surface area contributed by atoms with Crippen LogP contribution in [0.3, 0.4) is 0 Å². The molecule has 14 heteroatoms. The number of halogens is 3. The molecule has 5 amide bonds. The van der Waals surface area contributed by atoms with E-state index in [9.17, 15) is 37.1 Å². The predicted octanol–water partition coefficient (Wildman–Crippen LogP) is -0.174. The highest BCUT2D eigenvalue weighted by atomic mass is 19.4. The largest absolute Gasteiger partial charge is 0.471 e. The molecule has 0 spiro atoms. The molecule has 2 aliphatic heterocycles. The summed E-state index contributed by atoms with van der Waals surface area (Å²) < 4.78 is 43.9.